The molecule has 4 rings (SSSR count). The van der Waals surface area contributed by atoms with Gasteiger partial charge < -0.3 is 24.1 Å². The molecule has 3 fully saturated rings. The van der Waals surface area contributed by atoms with Crippen LogP contribution in [0, 0.1) is 16.7 Å². The Labute approximate surface area is 223 Å². The number of allylic oxidation sites excluding steroid dienone is 1. The summed E-state index contributed by atoms with van der Waals surface area (Å²) in [5.74, 6) is 0.630. The molecule has 0 radical (unpaired) electrons. The predicted molar refractivity (Wildman–Crippen MR) is 146 cm³/mol. The first-order valence-electron chi connectivity index (χ1n) is 13.7. The molecular formula is C30H46O6Si. The molecule has 0 amide bonds. The smallest absolute Gasteiger partial charge is 0.191 e. The number of benzene rings is 1. The van der Waals surface area contributed by atoms with Crippen molar-refractivity contribution in [3.05, 3.63) is 48.0 Å². The van der Waals surface area contributed by atoms with Gasteiger partial charge in [-0.1, -0.05) is 77.1 Å². The van der Waals surface area contributed by atoms with Crippen molar-refractivity contribution in [2.45, 2.75) is 109 Å². The van der Waals surface area contributed by atoms with Crippen molar-refractivity contribution in [3.8, 4) is 0 Å². The zero-order chi connectivity index (χ0) is 27.3. The van der Waals surface area contributed by atoms with Gasteiger partial charge in [0, 0.05) is 13.0 Å². The number of ketones is 1. The van der Waals surface area contributed by atoms with E-state index in [1.165, 1.54) is 0 Å². The highest BCUT2D eigenvalue weighted by atomic mass is 28.4. The predicted octanol–water partition coefficient (Wildman–Crippen LogP) is 5.38. The summed E-state index contributed by atoms with van der Waals surface area (Å²) in [5.41, 5.74) is -1.10. The first kappa shape index (κ1) is 28.6. The quantitative estimate of drug-likeness (QED) is 0.329. The Bertz CT molecular complexity index is 999. The summed E-state index contributed by atoms with van der Waals surface area (Å²) in [6, 6.07) is 9.77. The van der Waals surface area contributed by atoms with Crippen LogP contribution in [0.5, 0.6) is 0 Å². The number of carbonyl (C=O) groups is 1. The third-order valence-corrected chi connectivity index (χ3v) is 14.7. The average Bonchev–Trinajstić information content (AvgIpc) is 3.29. The number of aliphatic hydroxyl groups excluding tert-OH is 2. The molecule has 7 heteroatoms. The maximum atomic E-state index is 13.2. The molecule has 6 atom stereocenters. The Balaban J connectivity index is 1.65. The van der Waals surface area contributed by atoms with Gasteiger partial charge in [-0.25, -0.2) is 0 Å². The van der Waals surface area contributed by atoms with E-state index in [0.717, 1.165) is 18.4 Å². The van der Waals surface area contributed by atoms with Crippen molar-refractivity contribution in [2.75, 3.05) is 6.61 Å². The topological polar surface area (TPSA) is 85.2 Å². The second-order valence-corrected chi connectivity index (χ2v) is 18.2. The van der Waals surface area contributed by atoms with Crippen LogP contribution in [0.15, 0.2) is 42.5 Å². The molecule has 1 aromatic carbocycles. The monoisotopic (exact) mass is 530 g/mol. The maximum absolute atomic E-state index is 13.2. The molecule has 2 aliphatic carbocycles. The lowest BCUT2D eigenvalue weighted by molar-refractivity contribution is -0.130. The first-order valence-corrected chi connectivity index (χ1v) is 16.6. The number of ether oxygens (including phenoxy) is 2. The van der Waals surface area contributed by atoms with E-state index in [0.29, 0.717) is 25.4 Å². The van der Waals surface area contributed by atoms with E-state index in [1.807, 2.05) is 42.5 Å². The largest absolute Gasteiger partial charge is 0.417 e. The van der Waals surface area contributed by atoms with E-state index in [-0.39, 0.29) is 22.8 Å². The molecule has 0 aromatic heterocycles. The van der Waals surface area contributed by atoms with Crippen molar-refractivity contribution in [2.24, 2.45) is 16.7 Å². The molecule has 2 N–H and O–H groups in total. The molecule has 4 unspecified atom stereocenters. The van der Waals surface area contributed by atoms with Crippen LogP contribution in [0.25, 0.3) is 0 Å². The summed E-state index contributed by atoms with van der Waals surface area (Å²) in [4.78, 5) is 13.2. The molecule has 1 aromatic rings. The summed E-state index contributed by atoms with van der Waals surface area (Å²) in [6.07, 6.45) is 3.39. The van der Waals surface area contributed by atoms with Crippen molar-refractivity contribution in [1.82, 2.24) is 0 Å². The lowest BCUT2D eigenvalue weighted by Gasteiger charge is -2.39. The standard InChI is InChI=1S/C30H46O6Si/c1-27(2,3)37(6,7)35-18-14-24-30(25(32)26(33)36-24,34-20-21-11-9-8-10-12-21)17-16-29-15-13-22(19-23(29)31)28(29,4)5/h8-12,16-17,22,24-26,32-33H,13-15,18-20H2,1-7H3/b17-16+/t22?,24-,25?,26?,29?,30-/m1/s1. The van der Waals surface area contributed by atoms with Gasteiger partial charge in [0.05, 0.1) is 18.1 Å². The van der Waals surface area contributed by atoms with E-state index in [4.69, 9.17) is 13.9 Å². The molecule has 0 spiro atoms. The van der Waals surface area contributed by atoms with Crippen LogP contribution in [0.1, 0.15) is 65.9 Å². The van der Waals surface area contributed by atoms with Gasteiger partial charge in [-0.3, -0.25) is 4.79 Å². The van der Waals surface area contributed by atoms with E-state index < -0.39 is 37.8 Å². The van der Waals surface area contributed by atoms with Crippen LogP contribution in [-0.4, -0.2) is 55.0 Å². The number of aliphatic hydroxyl groups is 2. The van der Waals surface area contributed by atoms with Gasteiger partial charge in [0.1, 0.15) is 17.5 Å². The number of carbonyl (C=O) groups excluding carboxylic acids is 1. The van der Waals surface area contributed by atoms with Gasteiger partial charge in [0.15, 0.2) is 14.6 Å². The van der Waals surface area contributed by atoms with Crippen molar-refractivity contribution < 1.29 is 28.9 Å². The van der Waals surface area contributed by atoms with Crippen LogP contribution >= 0.6 is 0 Å². The number of hydrogen-bond acceptors (Lipinski definition) is 6. The Morgan fingerprint density at radius 3 is 2.38 bits per heavy atom. The Morgan fingerprint density at radius 1 is 1.14 bits per heavy atom. The lowest BCUT2D eigenvalue weighted by Crippen LogP contribution is -2.50. The number of fused-ring (bicyclic) bond motifs is 2. The molecule has 1 saturated heterocycles. The van der Waals surface area contributed by atoms with Crippen LogP contribution in [0.4, 0.5) is 0 Å². The third-order valence-electron chi connectivity index (χ3n) is 10.1. The van der Waals surface area contributed by atoms with Crippen LogP contribution in [0.2, 0.25) is 18.1 Å². The summed E-state index contributed by atoms with van der Waals surface area (Å²) in [5, 5.41) is 22.1. The second-order valence-electron chi connectivity index (χ2n) is 13.4. The van der Waals surface area contributed by atoms with E-state index in [1.54, 1.807) is 0 Å². The van der Waals surface area contributed by atoms with Gasteiger partial charge in [0.2, 0.25) is 0 Å². The summed E-state index contributed by atoms with van der Waals surface area (Å²) >= 11 is 0. The number of rotatable bonds is 9. The molecule has 6 nitrogen and oxygen atoms in total. The zero-order valence-electron chi connectivity index (χ0n) is 23.6. The van der Waals surface area contributed by atoms with Crippen molar-refractivity contribution in [1.29, 1.82) is 0 Å². The average molecular weight is 531 g/mol. The number of hydrogen-bond donors (Lipinski definition) is 2. The zero-order valence-corrected chi connectivity index (χ0v) is 24.6. The van der Waals surface area contributed by atoms with Gasteiger partial charge in [-0.05, 0) is 54.3 Å². The maximum Gasteiger partial charge on any atom is 0.191 e. The van der Waals surface area contributed by atoms with Crippen LogP contribution in [0.3, 0.4) is 0 Å². The van der Waals surface area contributed by atoms with E-state index >= 15 is 0 Å². The first-order chi connectivity index (χ1) is 17.2. The SMILES string of the molecule is CC1(C)C2CCC1(/C=C/[C@]1(OCc3ccccc3)C(O)C(O)O[C@@H]1CCO[Si](C)(C)C(C)(C)C)C(=O)C2. The fraction of sp³-hybridized carbons (Fsp3) is 0.700. The third kappa shape index (κ3) is 4.92. The second kappa shape index (κ2) is 9.99. The van der Waals surface area contributed by atoms with Gasteiger partial charge in [0.25, 0.3) is 0 Å². The minimum atomic E-state index is -1.99. The van der Waals surface area contributed by atoms with Gasteiger partial charge >= 0.3 is 0 Å². The summed E-state index contributed by atoms with van der Waals surface area (Å²) in [7, 11) is -1.99. The van der Waals surface area contributed by atoms with Crippen LogP contribution in [-0.2, 0) is 25.3 Å². The molecule has 3 aliphatic rings. The summed E-state index contributed by atoms with van der Waals surface area (Å²) < 4.78 is 18.9. The minimum absolute atomic E-state index is 0.0654. The Morgan fingerprint density at radius 2 is 1.81 bits per heavy atom. The van der Waals surface area contributed by atoms with Crippen LogP contribution < -0.4 is 0 Å². The fourth-order valence-electron chi connectivity index (χ4n) is 6.28. The molecule has 1 heterocycles. The molecule has 2 bridgehead atoms. The summed E-state index contributed by atoms with van der Waals surface area (Å²) in [6.45, 7) is 16.0. The Kier molecular flexibility index (Phi) is 7.74. The number of Topliss-reactive ketones (excluding diaryl/α,β-unsaturated/α-hetero) is 1. The molecule has 2 saturated carbocycles. The highest BCUT2D eigenvalue weighted by molar-refractivity contribution is 6.74. The fourth-order valence-corrected chi connectivity index (χ4v) is 7.34. The van der Waals surface area contributed by atoms with Crippen molar-refractivity contribution >= 4 is 14.1 Å². The van der Waals surface area contributed by atoms with Gasteiger partial charge in [-0.15, -0.1) is 0 Å². The molecule has 206 valence electrons. The lowest BCUT2D eigenvalue weighted by atomic mass is 9.68. The van der Waals surface area contributed by atoms with Crippen molar-refractivity contribution in [3.63, 3.8) is 0 Å². The normalized spacial score (nSPS) is 35.6. The minimum Gasteiger partial charge on any atom is -0.417 e. The highest BCUT2D eigenvalue weighted by Crippen LogP contribution is 2.64. The van der Waals surface area contributed by atoms with E-state index in [9.17, 15) is 15.0 Å². The Hall–Kier alpha value is -1.35. The molecular weight excluding hydrogens is 484 g/mol. The molecule has 1 aliphatic heterocycles. The van der Waals surface area contributed by atoms with E-state index in [2.05, 4.69) is 47.7 Å². The highest BCUT2D eigenvalue weighted by Gasteiger charge is 2.64. The molecule has 37 heavy (non-hydrogen) atoms. The van der Waals surface area contributed by atoms with Gasteiger partial charge in [-0.2, -0.15) is 0 Å².